The largest absolute Gasteiger partial charge is 0.459 e. The van der Waals surface area contributed by atoms with Crippen molar-refractivity contribution in [1.29, 1.82) is 0 Å². The van der Waals surface area contributed by atoms with Crippen LogP contribution < -0.4 is 5.32 Å². The molecule has 2 aromatic heterocycles. The summed E-state index contributed by atoms with van der Waals surface area (Å²) in [7, 11) is 0. The summed E-state index contributed by atoms with van der Waals surface area (Å²) < 4.78 is 5.78. The molecule has 114 valence electrons. The number of benzene rings is 1. The van der Waals surface area contributed by atoms with Crippen LogP contribution >= 0.6 is 11.3 Å². The maximum atomic E-state index is 12.0. The summed E-state index contributed by atoms with van der Waals surface area (Å²) in [6, 6.07) is 13.9. The second-order valence-corrected chi connectivity index (χ2v) is 6.44. The lowest BCUT2D eigenvalue weighted by molar-refractivity contribution is -0.121. The van der Waals surface area contributed by atoms with Crippen molar-refractivity contribution < 1.29 is 9.21 Å². The summed E-state index contributed by atoms with van der Waals surface area (Å²) in [6.45, 7) is 1.95. The Balaban J connectivity index is 1.52. The van der Waals surface area contributed by atoms with Gasteiger partial charge in [-0.05, 0) is 43.3 Å². The molecule has 0 saturated heterocycles. The Morgan fingerprint density at radius 2 is 2.14 bits per heavy atom. The predicted molar refractivity (Wildman–Crippen MR) is 90.0 cm³/mol. The third kappa shape index (κ3) is 3.57. The van der Waals surface area contributed by atoms with Gasteiger partial charge >= 0.3 is 0 Å². The highest BCUT2D eigenvalue weighted by Crippen LogP contribution is 2.23. The minimum absolute atomic E-state index is 0.0736. The van der Waals surface area contributed by atoms with Crippen LogP contribution in [0.3, 0.4) is 0 Å². The van der Waals surface area contributed by atoms with Crippen molar-refractivity contribution in [2.24, 2.45) is 0 Å². The Labute approximate surface area is 134 Å². The molecule has 0 aliphatic carbocycles. The van der Waals surface area contributed by atoms with E-state index in [1.54, 1.807) is 11.3 Å². The van der Waals surface area contributed by atoms with E-state index in [0.717, 1.165) is 29.6 Å². The molecule has 0 saturated carbocycles. The van der Waals surface area contributed by atoms with Gasteiger partial charge in [0, 0.05) is 16.7 Å². The molecule has 0 fully saturated rings. The Hall–Kier alpha value is -2.07. The fourth-order valence-electron chi connectivity index (χ4n) is 2.48. The molecule has 4 heteroatoms. The van der Waals surface area contributed by atoms with E-state index in [9.17, 15) is 4.79 Å². The molecule has 2 heterocycles. The van der Waals surface area contributed by atoms with Crippen LogP contribution in [0, 0.1) is 0 Å². The third-order valence-corrected chi connectivity index (χ3v) is 4.59. The molecule has 3 rings (SSSR count). The van der Waals surface area contributed by atoms with Gasteiger partial charge in [-0.3, -0.25) is 4.79 Å². The Bertz CT molecular complexity index is 712. The SMILES string of the molecule is C[C@H](NC(=O)CCCc1cccs1)c1cc2ccccc2o1. The zero-order valence-corrected chi connectivity index (χ0v) is 13.4. The van der Waals surface area contributed by atoms with E-state index in [0.29, 0.717) is 6.42 Å². The molecule has 1 amide bonds. The lowest BCUT2D eigenvalue weighted by atomic mass is 10.2. The van der Waals surface area contributed by atoms with Crippen molar-refractivity contribution in [1.82, 2.24) is 5.32 Å². The molecule has 0 spiro atoms. The summed E-state index contributed by atoms with van der Waals surface area (Å²) in [4.78, 5) is 13.4. The van der Waals surface area contributed by atoms with Gasteiger partial charge in [0.25, 0.3) is 0 Å². The zero-order chi connectivity index (χ0) is 15.4. The van der Waals surface area contributed by atoms with Crippen molar-refractivity contribution in [3.05, 3.63) is 58.5 Å². The van der Waals surface area contributed by atoms with Crippen LogP contribution in [0.25, 0.3) is 11.0 Å². The van der Waals surface area contributed by atoms with Gasteiger partial charge in [0.05, 0.1) is 6.04 Å². The summed E-state index contributed by atoms with van der Waals surface area (Å²) in [6.07, 6.45) is 2.38. The highest BCUT2D eigenvalue weighted by molar-refractivity contribution is 7.09. The quantitative estimate of drug-likeness (QED) is 0.717. The molecule has 0 unspecified atom stereocenters. The standard InChI is InChI=1S/C18H19NO2S/c1-13(17-12-14-6-2-3-9-16(14)21-17)19-18(20)10-4-7-15-8-5-11-22-15/h2-3,5-6,8-9,11-13H,4,7,10H2,1H3,(H,19,20)/t13-/m0/s1. The molecule has 3 nitrogen and oxygen atoms in total. The van der Waals surface area contributed by atoms with Crippen molar-refractivity contribution in [2.45, 2.75) is 32.2 Å². The molecule has 1 aromatic carbocycles. The van der Waals surface area contributed by atoms with Crippen LogP contribution in [0.5, 0.6) is 0 Å². The molecule has 3 aromatic rings. The van der Waals surface area contributed by atoms with Gasteiger partial charge < -0.3 is 9.73 Å². The highest BCUT2D eigenvalue weighted by atomic mass is 32.1. The number of hydrogen-bond acceptors (Lipinski definition) is 3. The van der Waals surface area contributed by atoms with Gasteiger partial charge in [0.2, 0.25) is 5.91 Å². The summed E-state index contributed by atoms with van der Waals surface area (Å²) in [5, 5.41) is 6.14. The van der Waals surface area contributed by atoms with Crippen molar-refractivity contribution in [2.75, 3.05) is 0 Å². The molecule has 22 heavy (non-hydrogen) atoms. The highest BCUT2D eigenvalue weighted by Gasteiger charge is 2.13. The number of para-hydroxylation sites is 1. The number of carbonyl (C=O) groups is 1. The maximum Gasteiger partial charge on any atom is 0.220 e. The molecule has 1 N–H and O–H groups in total. The Kier molecular flexibility index (Phi) is 4.59. The lowest BCUT2D eigenvalue weighted by Gasteiger charge is -2.11. The number of hydrogen-bond donors (Lipinski definition) is 1. The first-order valence-electron chi connectivity index (χ1n) is 7.52. The fraction of sp³-hybridized carbons (Fsp3) is 0.278. The number of amides is 1. The maximum absolute atomic E-state index is 12.0. The van der Waals surface area contributed by atoms with Crippen LogP contribution in [0.15, 0.2) is 52.3 Å². The van der Waals surface area contributed by atoms with E-state index < -0.39 is 0 Å². The van der Waals surface area contributed by atoms with E-state index in [1.807, 2.05) is 43.3 Å². The van der Waals surface area contributed by atoms with E-state index in [1.165, 1.54) is 4.88 Å². The number of thiophene rings is 1. The fourth-order valence-corrected chi connectivity index (χ4v) is 3.23. The second kappa shape index (κ2) is 6.79. The molecular weight excluding hydrogens is 294 g/mol. The number of fused-ring (bicyclic) bond motifs is 1. The first kappa shape index (κ1) is 14.9. The topological polar surface area (TPSA) is 42.2 Å². The Morgan fingerprint density at radius 3 is 2.91 bits per heavy atom. The molecule has 0 bridgehead atoms. The molecule has 0 aliphatic heterocycles. The van der Waals surface area contributed by atoms with Crippen LogP contribution in [0.2, 0.25) is 0 Å². The summed E-state index contributed by atoms with van der Waals surface area (Å²) in [5.41, 5.74) is 0.858. The average molecular weight is 313 g/mol. The van der Waals surface area contributed by atoms with Crippen molar-refractivity contribution in [3.63, 3.8) is 0 Å². The van der Waals surface area contributed by atoms with Gasteiger partial charge in [-0.1, -0.05) is 24.3 Å². The van der Waals surface area contributed by atoms with Gasteiger partial charge in [-0.2, -0.15) is 0 Å². The second-order valence-electron chi connectivity index (χ2n) is 5.41. The Morgan fingerprint density at radius 1 is 1.27 bits per heavy atom. The molecule has 1 atom stereocenters. The summed E-state index contributed by atoms with van der Waals surface area (Å²) in [5.74, 6) is 0.873. The number of carbonyl (C=O) groups excluding carboxylic acids is 1. The lowest BCUT2D eigenvalue weighted by Crippen LogP contribution is -2.26. The number of rotatable bonds is 6. The monoisotopic (exact) mass is 313 g/mol. The molecular formula is C18H19NO2S. The smallest absolute Gasteiger partial charge is 0.220 e. The summed E-state index contributed by atoms with van der Waals surface area (Å²) >= 11 is 1.74. The van der Waals surface area contributed by atoms with Gasteiger partial charge in [0.15, 0.2) is 0 Å². The zero-order valence-electron chi connectivity index (χ0n) is 12.5. The molecule has 0 aliphatic rings. The first-order valence-corrected chi connectivity index (χ1v) is 8.40. The van der Waals surface area contributed by atoms with Crippen molar-refractivity contribution in [3.8, 4) is 0 Å². The minimum Gasteiger partial charge on any atom is -0.459 e. The first-order chi connectivity index (χ1) is 10.7. The van der Waals surface area contributed by atoms with Gasteiger partial charge in [-0.25, -0.2) is 0 Å². The van der Waals surface area contributed by atoms with Crippen molar-refractivity contribution >= 4 is 28.2 Å². The molecule has 0 radical (unpaired) electrons. The van der Waals surface area contributed by atoms with Gasteiger partial charge in [0.1, 0.15) is 11.3 Å². The van der Waals surface area contributed by atoms with Gasteiger partial charge in [-0.15, -0.1) is 11.3 Å². The number of aryl methyl sites for hydroxylation is 1. The third-order valence-electron chi connectivity index (χ3n) is 3.66. The van der Waals surface area contributed by atoms with Crippen LogP contribution in [0.4, 0.5) is 0 Å². The van der Waals surface area contributed by atoms with E-state index in [2.05, 4.69) is 16.8 Å². The normalized spacial score (nSPS) is 12.4. The van der Waals surface area contributed by atoms with E-state index >= 15 is 0 Å². The number of furan rings is 1. The van der Waals surface area contributed by atoms with Crippen LogP contribution in [0.1, 0.15) is 36.4 Å². The number of nitrogens with one attached hydrogen (secondary N) is 1. The average Bonchev–Trinajstić information content (AvgIpc) is 3.16. The predicted octanol–water partition coefficient (Wildman–Crippen LogP) is 4.69. The van der Waals surface area contributed by atoms with Crippen LogP contribution in [-0.2, 0) is 11.2 Å². The van der Waals surface area contributed by atoms with E-state index in [4.69, 9.17) is 4.42 Å². The van der Waals surface area contributed by atoms with Crippen LogP contribution in [-0.4, -0.2) is 5.91 Å². The van der Waals surface area contributed by atoms with E-state index in [-0.39, 0.29) is 11.9 Å². The minimum atomic E-state index is -0.110.